The highest BCUT2D eigenvalue weighted by atomic mass is 127. The first-order valence-corrected chi connectivity index (χ1v) is 6.71. The van der Waals surface area contributed by atoms with Gasteiger partial charge in [-0.2, -0.15) is 0 Å². The Morgan fingerprint density at radius 3 is 2.54 bits per heavy atom. The normalized spacial score (nSPS) is 11.6. The van der Waals surface area contributed by atoms with Crippen molar-refractivity contribution in [2.45, 2.75) is 4.90 Å². The molecule has 0 bridgehead atoms. The Bertz CT molecular complexity index is 419. The van der Waals surface area contributed by atoms with Gasteiger partial charge in [-0.05, 0) is 47.8 Å². The van der Waals surface area contributed by atoms with Crippen LogP contribution in [0.25, 0.3) is 0 Å². The number of sulfonamides is 1. The van der Waals surface area contributed by atoms with Gasteiger partial charge < -0.3 is 0 Å². The van der Waals surface area contributed by atoms with E-state index in [-0.39, 0.29) is 0 Å². The number of benzene rings is 1. The number of hydrogen-bond acceptors (Lipinski definition) is 2. The molecule has 0 aliphatic carbocycles. The van der Waals surface area contributed by atoms with Gasteiger partial charge in [0.15, 0.2) is 0 Å². The van der Waals surface area contributed by atoms with Gasteiger partial charge in [0.2, 0.25) is 10.0 Å². The van der Waals surface area contributed by atoms with Crippen molar-refractivity contribution in [3.63, 3.8) is 0 Å². The van der Waals surface area contributed by atoms with Crippen molar-refractivity contribution in [2.24, 2.45) is 0 Å². The van der Waals surface area contributed by atoms with E-state index < -0.39 is 10.0 Å². The van der Waals surface area contributed by atoms with Crippen molar-refractivity contribution >= 4 is 48.5 Å². The van der Waals surface area contributed by atoms with E-state index in [2.05, 4.69) is 20.7 Å². The Kier molecular flexibility index (Phi) is 3.73. The second kappa shape index (κ2) is 4.24. The van der Waals surface area contributed by atoms with Crippen LogP contribution >= 0.6 is 38.5 Å². The summed E-state index contributed by atoms with van der Waals surface area (Å²) in [4.78, 5) is 0.304. The SMILES string of the molecule is CNS(=O)(=O)c1ccc(Br)cc1I. The molecule has 0 unspecified atom stereocenters. The van der Waals surface area contributed by atoms with Crippen molar-refractivity contribution in [1.82, 2.24) is 4.72 Å². The molecule has 1 rings (SSSR count). The van der Waals surface area contributed by atoms with E-state index in [0.717, 1.165) is 4.47 Å². The lowest BCUT2D eigenvalue weighted by Gasteiger charge is -2.04. The second-order valence-corrected chi connectivity index (χ2v) is 6.22. The maximum atomic E-state index is 11.4. The number of rotatable bonds is 2. The minimum Gasteiger partial charge on any atom is -0.214 e. The summed E-state index contributed by atoms with van der Waals surface area (Å²) in [6.07, 6.45) is 0. The van der Waals surface area contributed by atoms with Crippen molar-refractivity contribution in [2.75, 3.05) is 7.05 Å². The third-order valence-electron chi connectivity index (χ3n) is 1.45. The summed E-state index contributed by atoms with van der Waals surface area (Å²) < 4.78 is 26.6. The number of halogens is 2. The Balaban J connectivity index is 3.33. The summed E-state index contributed by atoms with van der Waals surface area (Å²) >= 11 is 5.25. The van der Waals surface area contributed by atoms with Gasteiger partial charge in [-0.15, -0.1) is 0 Å². The fraction of sp³-hybridized carbons (Fsp3) is 0.143. The molecule has 0 amide bonds. The molecule has 0 aliphatic heterocycles. The van der Waals surface area contributed by atoms with E-state index in [1.165, 1.54) is 7.05 Å². The van der Waals surface area contributed by atoms with Crippen molar-refractivity contribution < 1.29 is 8.42 Å². The zero-order chi connectivity index (χ0) is 10.1. The standard InChI is InChI=1S/C7H7BrINO2S/c1-10-13(11,12)7-3-2-5(8)4-6(7)9/h2-4,10H,1H3. The summed E-state index contributed by atoms with van der Waals surface area (Å²) in [5.41, 5.74) is 0. The van der Waals surface area contributed by atoms with Crippen LogP contribution in [0.2, 0.25) is 0 Å². The van der Waals surface area contributed by atoms with E-state index in [0.29, 0.717) is 8.47 Å². The predicted molar refractivity (Wildman–Crippen MR) is 63.1 cm³/mol. The molecule has 0 fully saturated rings. The largest absolute Gasteiger partial charge is 0.241 e. The van der Waals surface area contributed by atoms with Gasteiger partial charge in [0.1, 0.15) is 0 Å². The van der Waals surface area contributed by atoms with Gasteiger partial charge in [-0.3, -0.25) is 0 Å². The third-order valence-corrected chi connectivity index (χ3v) is 4.68. The average Bonchev–Trinajstić information content (AvgIpc) is 2.03. The van der Waals surface area contributed by atoms with E-state index in [1.54, 1.807) is 18.2 Å². The van der Waals surface area contributed by atoms with Gasteiger partial charge in [-0.25, -0.2) is 13.1 Å². The van der Waals surface area contributed by atoms with Gasteiger partial charge in [0, 0.05) is 8.04 Å². The first-order valence-electron chi connectivity index (χ1n) is 3.36. The lowest BCUT2D eigenvalue weighted by molar-refractivity contribution is 0.587. The lowest BCUT2D eigenvalue weighted by atomic mass is 10.4. The van der Waals surface area contributed by atoms with Crippen LogP contribution in [0, 0.1) is 3.57 Å². The minimum atomic E-state index is -3.32. The Hall–Kier alpha value is 0.340. The molecule has 0 heterocycles. The van der Waals surface area contributed by atoms with Crippen LogP contribution in [-0.4, -0.2) is 15.5 Å². The van der Waals surface area contributed by atoms with Crippen molar-refractivity contribution in [1.29, 1.82) is 0 Å². The predicted octanol–water partition coefficient (Wildman–Crippen LogP) is 1.96. The molecule has 6 heteroatoms. The molecule has 0 radical (unpaired) electrons. The zero-order valence-electron chi connectivity index (χ0n) is 6.71. The molecule has 72 valence electrons. The summed E-state index contributed by atoms with van der Waals surface area (Å²) in [7, 11) is -1.93. The molecule has 1 N–H and O–H groups in total. The van der Waals surface area contributed by atoms with E-state index >= 15 is 0 Å². The van der Waals surface area contributed by atoms with Gasteiger partial charge in [0.05, 0.1) is 4.90 Å². The first-order chi connectivity index (χ1) is 5.97. The summed E-state index contributed by atoms with van der Waals surface area (Å²) in [6.45, 7) is 0. The highest BCUT2D eigenvalue weighted by molar-refractivity contribution is 14.1. The van der Waals surface area contributed by atoms with Crippen LogP contribution < -0.4 is 4.72 Å². The summed E-state index contributed by atoms with van der Waals surface area (Å²) in [5, 5.41) is 0. The van der Waals surface area contributed by atoms with E-state index in [4.69, 9.17) is 0 Å². The van der Waals surface area contributed by atoms with Crippen LogP contribution in [0.1, 0.15) is 0 Å². The highest BCUT2D eigenvalue weighted by Gasteiger charge is 2.14. The molecule has 0 aliphatic rings. The first kappa shape index (κ1) is 11.4. The van der Waals surface area contributed by atoms with Crippen LogP contribution in [0.15, 0.2) is 27.6 Å². The molecule has 3 nitrogen and oxygen atoms in total. The van der Waals surface area contributed by atoms with Crippen LogP contribution in [0.3, 0.4) is 0 Å². The van der Waals surface area contributed by atoms with Crippen LogP contribution in [0.4, 0.5) is 0 Å². The smallest absolute Gasteiger partial charge is 0.214 e. The quantitative estimate of drug-likeness (QED) is 0.803. The Morgan fingerprint density at radius 2 is 2.08 bits per heavy atom. The zero-order valence-corrected chi connectivity index (χ0v) is 11.3. The average molecular weight is 376 g/mol. The van der Waals surface area contributed by atoms with Gasteiger partial charge in [-0.1, -0.05) is 15.9 Å². The summed E-state index contributed by atoms with van der Waals surface area (Å²) in [6, 6.07) is 5.02. The fourth-order valence-electron chi connectivity index (χ4n) is 0.803. The minimum absolute atomic E-state index is 0.304. The second-order valence-electron chi connectivity index (χ2n) is 2.28. The maximum absolute atomic E-state index is 11.4. The lowest BCUT2D eigenvalue weighted by Crippen LogP contribution is -2.19. The molecule has 1 aromatic carbocycles. The molecule has 13 heavy (non-hydrogen) atoms. The molecule has 1 aromatic rings. The Labute approximate surface area is 99.2 Å². The monoisotopic (exact) mass is 375 g/mol. The topological polar surface area (TPSA) is 46.2 Å². The van der Waals surface area contributed by atoms with Crippen molar-refractivity contribution in [3.8, 4) is 0 Å². The summed E-state index contributed by atoms with van der Waals surface area (Å²) in [5.74, 6) is 0. The molecular weight excluding hydrogens is 369 g/mol. The number of nitrogens with one attached hydrogen (secondary N) is 1. The molecule has 0 atom stereocenters. The maximum Gasteiger partial charge on any atom is 0.241 e. The van der Waals surface area contributed by atoms with Crippen LogP contribution in [-0.2, 0) is 10.0 Å². The van der Waals surface area contributed by atoms with E-state index in [9.17, 15) is 8.42 Å². The molecule has 0 spiro atoms. The van der Waals surface area contributed by atoms with Gasteiger partial charge in [0.25, 0.3) is 0 Å². The van der Waals surface area contributed by atoms with Crippen molar-refractivity contribution in [3.05, 3.63) is 26.2 Å². The highest BCUT2D eigenvalue weighted by Crippen LogP contribution is 2.21. The molecular formula is C7H7BrINO2S. The number of hydrogen-bond donors (Lipinski definition) is 1. The molecule has 0 saturated carbocycles. The molecule has 0 saturated heterocycles. The Morgan fingerprint density at radius 1 is 1.46 bits per heavy atom. The van der Waals surface area contributed by atoms with Crippen LogP contribution in [0.5, 0.6) is 0 Å². The molecule has 0 aromatic heterocycles. The fourth-order valence-corrected chi connectivity index (χ4v) is 3.76. The van der Waals surface area contributed by atoms with Gasteiger partial charge >= 0.3 is 0 Å². The third kappa shape index (κ3) is 2.64. The van der Waals surface area contributed by atoms with E-state index in [1.807, 2.05) is 22.6 Å².